The lowest BCUT2D eigenvalue weighted by Gasteiger charge is -2.23. The van der Waals surface area contributed by atoms with Crippen LogP contribution in [0.5, 0.6) is 0 Å². The summed E-state index contributed by atoms with van der Waals surface area (Å²) in [6, 6.07) is 6.03. The van der Waals surface area contributed by atoms with Gasteiger partial charge in [-0.25, -0.2) is 4.98 Å². The highest BCUT2D eigenvalue weighted by molar-refractivity contribution is 5.46. The lowest BCUT2D eigenvalue weighted by molar-refractivity contribution is 0.369. The monoisotopic (exact) mass is 242 g/mol. The average molecular weight is 242 g/mol. The van der Waals surface area contributed by atoms with Crippen molar-refractivity contribution in [2.24, 2.45) is 5.41 Å². The number of aryl methyl sites for hydroxylation is 1. The maximum Gasteiger partial charge on any atom is 0.128 e. The number of nitrogens with one attached hydrogen (secondary N) is 1. The summed E-state index contributed by atoms with van der Waals surface area (Å²) in [5.41, 5.74) is 1.97. The molecule has 4 heteroatoms. The molecule has 0 aromatic carbocycles. The van der Waals surface area contributed by atoms with Gasteiger partial charge in [0.15, 0.2) is 0 Å². The normalized spacial score (nSPS) is 26.8. The van der Waals surface area contributed by atoms with Crippen molar-refractivity contribution < 1.29 is 0 Å². The summed E-state index contributed by atoms with van der Waals surface area (Å²) in [7, 11) is 0. The minimum absolute atomic E-state index is 0.462. The van der Waals surface area contributed by atoms with Crippen molar-refractivity contribution in [2.45, 2.75) is 19.8 Å². The van der Waals surface area contributed by atoms with Gasteiger partial charge in [0.1, 0.15) is 11.9 Å². The van der Waals surface area contributed by atoms with Crippen LogP contribution in [0.25, 0.3) is 0 Å². The molecular formula is C14H18N4. The van der Waals surface area contributed by atoms with E-state index >= 15 is 0 Å². The van der Waals surface area contributed by atoms with Crippen molar-refractivity contribution in [2.75, 3.05) is 31.1 Å². The first-order valence-electron chi connectivity index (χ1n) is 6.56. The molecule has 1 spiro atoms. The first kappa shape index (κ1) is 11.5. The lowest BCUT2D eigenvalue weighted by Crippen LogP contribution is -2.29. The zero-order chi connectivity index (χ0) is 12.6. The van der Waals surface area contributed by atoms with Gasteiger partial charge in [-0.2, -0.15) is 5.26 Å². The third-order valence-corrected chi connectivity index (χ3v) is 4.29. The van der Waals surface area contributed by atoms with Gasteiger partial charge in [-0.3, -0.25) is 0 Å². The molecule has 4 nitrogen and oxygen atoms in total. The van der Waals surface area contributed by atoms with E-state index in [2.05, 4.69) is 21.3 Å². The van der Waals surface area contributed by atoms with Crippen molar-refractivity contribution >= 4 is 5.82 Å². The number of rotatable bonds is 1. The zero-order valence-corrected chi connectivity index (χ0v) is 10.7. The van der Waals surface area contributed by atoms with Gasteiger partial charge in [-0.15, -0.1) is 0 Å². The summed E-state index contributed by atoms with van der Waals surface area (Å²) in [5.74, 6) is 1.02. The largest absolute Gasteiger partial charge is 0.356 e. The van der Waals surface area contributed by atoms with Crippen LogP contribution in [0.2, 0.25) is 0 Å². The molecule has 0 bridgehead atoms. The molecule has 94 valence electrons. The van der Waals surface area contributed by atoms with Crippen LogP contribution >= 0.6 is 0 Å². The smallest absolute Gasteiger partial charge is 0.128 e. The Bertz CT molecular complexity index is 497. The topological polar surface area (TPSA) is 52.0 Å². The first-order valence-corrected chi connectivity index (χ1v) is 6.56. The maximum atomic E-state index is 8.93. The van der Waals surface area contributed by atoms with E-state index in [-0.39, 0.29) is 0 Å². The molecule has 1 unspecified atom stereocenters. The Morgan fingerprint density at radius 1 is 1.44 bits per heavy atom. The summed E-state index contributed by atoms with van der Waals surface area (Å²) in [6.45, 7) is 6.37. The molecule has 0 saturated carbocycles. The molecular weight excluding hydrogens is 224 g/mol. The third kappa shape index (κ3) is 1.85. The molecule has 2 saturated heterocycles. The van der Waals surface area contributed by atoms with E-state index in [1.807, 2.05) is 19.1 Å². The van der Waals surface area contributed by atoms with Crippen molar-refractivity contribution in [3.05, 3.63) is 23.4 Å². The van der Waals surface area contributed by atoms with Gasteiger partial charge in [-0.1, -0.05) is 0 Å². The summed E-state index contributed by atoms with van der Waals surface area (Å²) in [6.07, 6.45) is 2.53. The van der Waals surface area contributed by atoms with Gasteiger partial charge in [0, 0.05) is 25.0 Å². The molecule has 2 aliphatic heterocycles. The van der Waals surface area contributed by atoms with Crippen molar-refractivity contribution in [3.63, 3.8) is 0 Å². The van der Waals surface area contributed by atoms with Crippen LogP contribution in [0.3, 0.4) is 0 Å². The van der Waals surface area contributed by atoms with Crippen LogP contribution in [0.1, 0.15) is 24.1 Å². The number of nitrogens with zero attached hydrogens (tertiary/aromatic N) is 3. The Balaban J connectivity index is 1.80. The summed E-state index contributed by atoms with van der Waals surface area (Å²) in [4.78, 5) is 6.93. The average Bonchev–Trinajstić information content (AvgIpc) is 3.00. The quantitative estimate of drug-likeness (QED) is 0.810. The molecule has 0 amide bonds. The fourth-order valence-electron chi connectivity index (χ4n) is 3.12. The molecule has 3 rings (SSSR count). The molecule has 1 atom stereocenters. The molecule has 18 heavy (non-hydrogen) atoms. The van der Waals surface area contributed by atoms with Crippen LogP contribution in [0.15, 0.2) is 12.1 Å². The summed E-state index contributed by atoms with van der Waals surface area (Å²) < 4.78 is 0. The molecule has 1 N–H and O–H groups in total. The second-order valence-electron chi connectivity index (χ2n) is 5.51. The standard InChI is InChI=1S/C14H18N4/c1-11-12(8-15)2-3-13(17-11)18-7-5-14(10-18)4-6-16-9-14/h2-3,16H,4-7,9-10H2,1H3. The number of anilines is 1. The SMILES string of the molecule is Cc1nc(N2CCC3(CCNC3)C2)ccc1C#N. The van der Waals surface area contributed by atoms with Gasteiger partial charge in [0.2, 0.25) is 0 Å². The number of hydrogen-bond acceptors (Lipinski definition) is 4. The van der Waals surface area contributed by atoms with Gasteiger partial charge in [0.25, 0.3) is 0 Å². The Hall–Kier alpha value is -1.60. The highest BCUT2D eigenvalue weighted by atomic mass is 15.2. The second kappa shape index (κ2) is 4.25. The number of hydrogen-bond donors (Lipinski definition) is 1. The van der Waals surface area contributed by atoms with Crippen LogP contribution < -0.4 is 10.2 Å². The molecule has 0 aliphatic carbocycles. The molecule has 1 aromatic rings. The first-order chi connectivity index (χ1) is 8.72. The van der Waals surface area contributed by atoms with Crippen LogP contribution in [0, 0.1) is 23.7 Å². The van der Waals surface area contributed by atoms with E-state index < -0.39 is 0 Å². The molecule has 3 heterocycles. The number of aromatic nitrogens is 1. The van der Waals surface area contributed by atoms with Gasteiger partial charge >= 0.3 is 0 Å². The summed E-state index contributed by atoms with van der Waals surface area (Å²) >= 11 is 0. The van der Waals surface area contributed by atoms with Crippen LogP contribution in [-0.4, -0.2) is 31.2 Å². The van der Waals surface area contributed by atoms with Crippen molar-refractivity contribution in [3.8, 4) is 6.07 Å². The number of pyridine rings is 1. The Morgan fingerprint density at radius 2 is 2.33 bits per heavy atom. The molecule has 1 aromatic heterocycles. The fourth-order valence-corrected chi connectivity index (χ4v) is 3.12. The molecule has 2 aliphatic rings. The van der Waals surface area contributed by atoms with Crippen LogP contribution in [0.4, 0.5) is 5.82 Å². The highest BCUT2D eigenvalue weighted by Gasteiger charge is 2.40. The minimum atomic E-state index is 0.462. The van der Waals surface area contributed by atoms with Gasteiger partial charge in [-0.05, 0) is 38.4 Å². The van der Waals surface area contributed by atoms with Gasteiger partial charge < -0.3 is 10.2 Å². The molecule has 0 radical (unpaired) electrons. The number of nitriles is 1. The van der Waals surface area contributed by atoms with E-state index in [9.17, 15) is 0 Å². The Morgan fingerprint density at radius 3 is 3.00 bits per heavy atom. The fraction of sp³-hybridized carbons (Fsp3) is 0.571. The highest BCUT2D eigenvalue weighted by Crippen LogP contribution is 2.37. The lowest BCUT2D eigenvalue weighted by atomic mass is 9.87. The zero-order valence-electron chi connectivity index (χ0n) is 10.7. The van der Waals surface area contributed by atoms with Crippen LogP contribution in [-0.2, 0) is 0 Å². The predicted molar refractivity (Wildman–Crippen MR) is 70.4 cm³/mol. The van der Waals surface area contributed by atoms with E-state index in [1.54, 1.807) is 0 Å². The van der Waals surface area contributed by atoms with E-state index in [0.29, 0.717) is 11.0 Å². The molecule has 2 fully saturated rings. The Labute approximate surface area is 108 Å². The second-order valence-corrected chi connectivity index (χ2v) is 5.51. The maximum absolute atomic E-state index is 8.93. The van der Waals surface area contributed by atoms with Crippen molar-refractivity contribution in [1.29, 1.82) is 5.26 Å². The summed E-state index contributed by atoms with van der Waals surface area (Å²) in [5, 5.41) is 12.4. The van der Waals surface area contributed by atoms with Gasteiger partial charge in [0.05, 0.1) is 11.3 Å². The van der Waals surface area contributed by atoms with E-state index in [0.717, 1.165) is 37.7 Å². The minimum Gasteiger partial charge on any atom is -0.356 e. The predicted octanol–water partition coefficient (Wildman–Crippen LogP) is 1.45. The Kier molecular flexibility index (Phi) is 2.71. The van der Waals surface area contributed by atoms with Crippen molar-refractivity contribution in [1.82, 2.24) is 10.3 Å². The third-order valence-electron chi connectivity index (χ3n) is 4.29. The van der Waals surface area contributed by atoms with E-state index in [4.69, 9.17) is 5.26 Å². The van der Waals surface area contributed by atoms with E-state index in [1.165, 1.54) is 12.8 Å².